The molecule has 0 radical (unpaired) electrons. The maximum atomic E-state index is 11.7. The van der Waals surface area contributed by atoms with Gasteiger partial charge in [0.2, 0.25) is 0 Å². The monoisotopic (exact) mass is 368 g/mol. The fourth-order valence-corrected chi connectivity index (χ4v) is 3.26. The molecule has 0 aliphatic carbocycles. The van der Waals surface area contributed by atoms with Gasteiger partial charge in [0.05, 0.1) is 4.91 Å². The third kappa shape index (κ3) is 4.67. The van der Waals surface area contributed by atoms with Crippen molar-refractivity contribution in [1.82, 2.24) is 5.32 Å². The summed E-state index contributed by atoms with van der Waals surface area (Å²) in [6.45, 7) is 4.95. The van der Waals surface area contributed by atoms with Crippen LogP contribution >= 0.6 is 11.8 Å². The quantitative estimate of drug-likeness (QED) is 0.599. The highest BCUT2D eigenvalue weighted by Gasteiger charge is 2.22. The molecule has 1 heterocycles. The number of amides is 1. The maximum absolute atomic E-state index is 11.7. The minimum absolute atomic E-state index is 0.150. The zero-order chi connectivity index (χ0) is 18.5. The first-order chi connectivity index (χ1) is 12.5. The molecule has 134 valence electrons. The Bertz CT molecular complexity index is 877. The van der Waals surface area contributed by atoms with E-state index in [0.717, 1.165) is 28.6 Å². The lowest BCUT2D eigenvalue weighted by molar-refractivity contribution is -0.115. The molecular formula is C20H20N2O3S. The van der Waals surface area contributed by atoms with Gasteiger partial charge in [0.15, 0.2) is 5.17 Å². The van der Waals surface area contributed by atoms with Gasteiger partial charge in [0.1, 0.15) is 24.7 Å². The summed E-state index contributed by atoms with van der Waals surface area (Å²) in [5.41, 5.74) is 3.17. The highest BCUT2D eigenvalue weighted by atomic mass is 32.2. The normalized spacial score (nSPS) is 15.2. The maximum Gasteiger partial charge on any atom is 0.264 e. The lowest BCUT2D eigenvalue weighted by Crippen LogP contribution is -2.18. The number of benzene rings is 2. The smallest absolute Gasteiger partial charge is 0.264 e. The van der Waals surface area contributed by atoms with Crippen LogP contribution in [-0.4, -0.2) is 24.3 Å². The van der Waals surface area contributed by atoms with Gasteiger partial charge in [-0.25, -0.2) is 0 Å². The Balaban J connectivity index is 1.55. The molecule has 0 spiro atoms. The molecule has 2 aromatic carbocycles. The van der Waals surface area contributed by atoms with Crippen LogP contribution in [0.2, 0.25) is 0 Å². The summed E-state index contributed by atoms with van der Waals surface area (Å²) in [7, 11) is 0. The number of hydrogen-bond donors (Lipinski definition) is 2. The first-order valence-corrected chi connectivity index (χ1v) is 9.05. The van der Waals surface area contributed by atoms with Crippen LogP contribution in [0.4, 0.5) is 0 Å². The molecule has 5 nitrogen and oxygen atoms in total. The number of hydrogen-bond acceptors (Lipinski definition) is 5. The summed E-state index contributed by atoms with van der Waals surface area (Å²) in [6.07, 6.45) is 1.75. The number of carbonyl (C=O) groups excluding carboxylic acids is 1. The molecule has 1 amide bonds. The van der Waals surface area contributed by atoms with Crippen molar-refractivity contribution in [3.8, 4) is 11.5 Å². The molecule has 0 saturated carbocycles. The summed E-state index contributed by atoms with van der Waals surface area (Å²) in [4.78, 5) is 12.2. The summed E-state index contributed by atoms with van der Waals surface area (Å²) >= 11 is 1.12. The predicted octanol–water partition coefficient (Wildman–Crippen LogP) is 3.90. The summed E-state index contributed by atoms with van der Waals surface area (Å²) in [5.74, 6) is 1.33. The average molecular weight is 368 g/mol. The van der Waals surface area contributed by atoms with Crippen LogP contribution in [0.25, 0.3) is 6.08 Å². The lowest BCUT2D eigenvalue weighted by Gasteiger charge is -2.11. The van der Waals surface area contributed by atoms with E-state index in [4.69, 9.17) is 14.9 Å². The van der Waals surface area contributed by atoms with Gasteiger partial charge in [-0.05, 0) is 61.0 Å². The number of ether oxygens (including phenoxy) is 2. The Morgan fingerprint density at radius 3 is 2.65 bits per heavy atom. The van der Waals surface area contributed by atoms with E-state index in [9.17, 15) is 4.79 Å². The molecule has 2 aromatic rings. The van der Waals surface area contributed by atoms with Gasteiger partial charge in [0, 0.05) is 0 Å². The van der Waals surface area contributed by atoms with E-state index < -0.39 is 0 Å². The van der Waals surface area contributed by atoms with Crippen molar-refractivity contribution in [3.05, 3.63) is 64.1 Å². The molecule has 3 rings (SSSR count). The van der Waals surface area contributed by atoms with Crippen molar-refractivity contribution in [2.45, 2.75) is 13.8 Å². The first kappa shape index (κ1) is 18.1. The summed E-state index contributed by atoms with van der Waals surface area (Å²) in [5, 5.41) is 10.1. The Kier molecular flexibility index (Phi) is 5.63. The minimum Gasteiger partial charge on any atom is -0.490 e. The third-order valence-corrected chi connectivity index (χ3v) is 4.59. The van der Waals surface area contributed by atoms with Gasteiger partial charge in [-0.2, -0.15) is 0 Å². The van der Waals surface area contributed by atoms with Gasteiger partial charge in [0.25, 0.3) is 5.91 Å². The molecule has 1 fully saturated rings. The fraction of sp³-hybridized carbons (Fsp3) is 0.200. The van der Waals surface area contributed by atoms with Crippen molar-refractivity contribution in [3.63, 3.8) is 0 Å². The highest BCUT2D eigenvalue weighted by Crippen LogP contribution is 2.26. The molecule has 0 aromatic heterocycles. The van der Waals surface area contributed by atoms with Crippen molar-refractivity contribution < 1.29 is 14.3 Å². The zero-order valence-electron chi connectivity index (χ0n) is 14.7. The van der Waals surface area contributed by atoms with E-state index in [1.165, 1.54) is 5.56 Å². The zero-order valence-corrected chi connectivity index (χ0v) is 15.5. The Morgan fingerprint density at radius 1 is 1.12 bits per heavy atom. The van der Waals surface area contributed by atoms with Crippen molar-refractivity contribution >= 4 is 28.9 Å². The van der Waals surface area contributed by atoms with Gasteiger partial charge < -0.3 is 14.8 Å². The topological polar surface area (TPSA) is 71.4 Å². The van der Waals surface area contributed by atoms with Crippen LogP contribution in [0.15, 0.2) is 47.4 Å². The number of thioether (sulfide) groups is 1. The van der Waals surface area contributed by atoms with E-state index in [2.05, 4.69) is 18.3 Å². The third-order valence-electron chi connectivity index (χ3n) is 3.76. The number of nitrogens with one attached hydrogen (secondary N) is 2. The standard InChI is InChI=1S/C20H20N2O3S/c1-13-6-7-17(14(2)10-13)25-9-8-24-16-5-3-4-15(11-16)12-18-19(23)22-20(21)26-18/h3-7,10-12H,8-9H2,1-2H3,(H2,21,22,23)/b18-12-. The molecule has 0 atom stereocenters. The fourth-order valence-electron chi connectivity index (χ4n) is 2.56. The number of rotatable bonds is 6. The van der Waals surface area contributed by atoms with Gasteiger partial charge in [-0.1, -0.05) is 29.8 Å². The van der Waals surface area contributed by atoms with Crippen LogP contribution < -0.4 is 14.8 Å². The molecular weight excluding hydrogens is 348 g/mol. The highest BCUT2D eigenvalue weighted by molar-refractivity contribution is 8.18. The van der Waals surface area contributed by atoms with Crippen LogP contribution in [0.3, 0.4) is 0 Å². The minimum atomic E-state index is -0.242. The van der Waals surface area contributed by atoms with Crippen LogP contribution in [-0.2, 0) is 4.79 Å². The average Bonchev–Trinajstić information content (AvgIpc) is 2.91. The van der Waals surface area contributed by atoms with Gasteiger partial charge in [-0.3, -0.25) is 10.2 Å². The SMILES string of the molecule is Cc1ccc(OCCOc2cccc(/C=C3\SC(=N)NC3=O)c2)c(C)c1. The van der Waals surface area contributed by atoms with Crippen LogP contribution in [0.1, 0.15) is 16.7 Å². The molecule has 1 aliphatic heterocycles. The molecule has 0 unspecified atom stereocenters. The second-order valence-corrected chi connectivity index (χ2v) is 6.98. The molecule has 6 heteroatoms. The van der Waals surface area contributed by atoms with Crippen LogP contribution in [0, 0.1) is 19.3 Å². The Labute approximate surface area is 156 Å². The van der Waals surface area contributed by atoms with E-state index in [1.807, 2.05) is 43.3 Å². The van der Waals surface area contributed by atoms with E-state index in [1.54, 1.807) is 6.08 Å². The van der Waals surface area contributed by atoms with Crippen molar-refractivity contribution in [1.29, 1.82) is 5.41 Å². The first-order valence-electron chi connectivity index (χ1n) is 8.23. The molecule has 2 N–H and O–H groups in total. The van der Waals surface area contributed by atoms with E-state index in [0.29, 0.717) is 23.9 Å². The summed E-state index contributed by atoms with van der Waals surface area (Å²) in [6, 6.07) is 13.6. The second kappa shape index (κ2) is 8.10. The molecule has 1 saturated heterocycles. The molecule has 1 aliphatic rings. The van der Waals surface area contributed by atoms with Crippen LogP contribution in [0.5, 0.6) is 11.5 Å². The largest absolute Gasteiger partial charge is 0.490 e. The van der Waals surface area contributed by atoms with E-state index in [-0.39, 0.29) is 11.1 Å². The summed E-state index contributed by atoms with van der Waals surface area (Å²) < 4.78 is 11.5. The number of aryl methyl sites for hydroxylation is 2. The number of carbonyl (C=O) groups is 1. The lowest BCUT2D eigenvalue weighted by atomic mass is 10.1. The van der Waals surface area contributed by atoms with Crippen molar-refractivity contribution in [2.75, 3.05) is 13.2 Å². The number of amidine groups is 1. The van der Waals surface area contributed by atoms with Crippen molar-refractivity contribution in [2.24, 2.45) is 0 Å². The van der Waals surface area contributed by atoms with Gasteiger partial charge >= 0.3 is 0 Å². The van der Waals surface area contributed by atoms with Gasteiger partial charge in [-0.15, -0.1) is 0 Å². The Morgan fingerprint density at radius 2 is 1.92 bits per heavy atom. The van der Waals surface area contributed by atoms with E-state index >= 15 is 0 Å². The second-order valence-electron chi connectivity index (χ2n) is 5.93. The molecule has 0 bridgehead atoms. The predicted molar refractivity (Wildman–Crippen MR) is 105 cm³/mol. The Hall–Kier alpha value is -2.73. The molecule has 26 heavy (non-hydrogen) atoms.